The van der Waals surface area contributed by atoms with Gasteiger partial charge in [0, 0.05) is 22.4 Å². The zero-order valence-corrected chi connectivity index (χ0v) is 21.6. The Bertz CT molecular complexity index is 1320. The van der Waals surface area contributed by atoms with Crippen molar-refractivity contribution in [1.82, 2.24) is 5.32 Å². The van der Waals surface area contributed by atoms with Crippen molar-refractivity contribution in [3.8, 4) is 6.07 Å². The van der Waals surface area contributed by atoms with Gasteiger partial charge in [-0.25, -0.2) is 0 Å². The van der Waals surface area contributed by atoms with Crippen molar-refractivity contribution in [2.75, 3.05) is 10.7 Å². The molecular formula is C31H30N4OS. The summed E-state index contributed by atoms with van der Waals surface area (Å²) in [6, 6.07) is 30.1. The Morgan fingerprint density at radius 1 is 0.919 bits per heavy atom. The van der Waals surface area contributed by atoms with Crippen LogP contribution in [0.3, 0.4) is 0 Å². The first-order valence-corrected chi connectivity index (χ1v) is 13.7. The molecule has 0 aliphatic heterocycles. The molecule has 2 aliphatic carbocycles. The molecule has 2 N–H and O–H groups in total. The lowest BCUT2D eigenvalue weighted by Gasteiger charge is -2.41. The van der Waals surface area contributed by atoms with Crippen molar-refractivity contribution >= 4 is 39.9 Å². The van der Waals surface area contributed by atoms with Crippen molar-refractivity contribution in [2.45, 2.75) is 38.5 Å². The maximum Gasteiger partial charge on any atom is 0.234 e. The molecule has 0 saturated heterocycles. The zero-order chi connectivity index (χ0) is 25.7. The first-order valence-electron chi connectivity index (χ1n) is 12.8. The van der Waals surface area contributed by atoms with Crippen molar-refractivity contribution in [3.63, 3.8) is 0 Å². The fourth-order valence-corrected chi connectivity index (χ4v) is 6.32. The summed E-state index contributed by atoms with van der Waals surface area (Å²) in [5.41, 5.74) is 5.04. The summed E-state index contributed by atoms with van der Waals surface area (Å²) in [4.78, 5) is 15.1. The molecule has 1 saturated carbocycles. The molecule has 3 aromatic rings. The number of amides is 1. The number of rotatable bonds is 5. The van der Waals surface area contributed by atoms with Crippen LogP contribution in [0.15, 0.2) is 90.5 Å². The highest BCUT2D eigenvalue weighted by molar-refractivity contribution is 8.14. The van der Waals surface area contributed by atoms with Crippen LogP contribution in [0.25, 0.3) is 5.70 Å². The maximum atomic E-state index is 13.3. The Balaban J connectivity index is 1.37. The minimum absolute atomic E-state index is 0.0758. The second-order valence-corrected chi connectivity index (χ2v) is 10.6. The number of nitrogens with one attached hydrogen (secondary N) is 2. The van der Waals surface area contributed by atoms with Gasteiger partial charge >= 0.3 is 0 Å². The fourth-order valence-electron chi connectivity index (χ4n) is 5.64. The van der Waals surface area contributed by atoms with Crippen LogP contribution in [0.1, 0.15) is 43.2 Å². The standard InChI is InChI=1S/C31H30N4OS/c32-21-27-29(26-17-9-8-12-23(26)20-31(27)18-10-3-11-19-31)34-28(36)22-37-30(33)35(24-13-4-1-5-14-24)25-15-6-2-7-16-25/h1-2,4-9,12-17,33H,3,10-11,18-20,22H2,(H,34,36). The molecule has 3 aromatic carbocycles. The largest absolute Gasteiger partial charge is 0.324 e. The zero-order valence-electron chi connectivity index (χ0n) is 20.7. The molecule has 37 heavy (non-hydrogen) atoms. The van der Waals surface area contributed by atoms with Gasteiger partial charge in [0.15, 0.2) is 5.17 Å². The summed E-state index contributed by atoms with van der Waals surface area (Å²) in [6.45, 7) is 0. The molecule has 0 aromatic heterocycles. The number of allylic oxidation sites excluding steroid dienone is 1. The number of thioether (sulfide) groups is 1. The van der Waals surface area contributed by atoms with Gasteiger partial charge in [-0.2, -0.15) is 5.26 Å². The van der Waals surface area contributed by atoms with Crippen LogP contribution in [-0.2, 0) is 11.2 Å². The van der Waals surface area contributed by atoms with E-state index in [-0.39, 0.29) is 22.2 Å². The van der Waals surface area contributed by atoms with Gasteiger partial charge < -0.3 is 5.32 Å². The summed E-state index contributed by atoms with van der Waals surface area (Å²) >= 11 is 1.18. The third-order valence-corrected chi connectivity index (χ3v) is 8.22. The molecule has 5 nitrogen and oxygen atoms in total. The molecule has 0 radical (unpaired) electrons. The lowest BCUT2D eigenvalue weighted by molar-refractivity contribution is -0.117. The minimum atomic E-state index is -0.207. The topological polar surface area (TPSA) is 80.0 Å². The van der Waals surface area contributed by atoms with Crippen molar-refractivity contribution < 1.29 is 4.79 Å². The van der Waals surface area contributed by atoms with Crippen molar-refractivity contribution in [1.29, 1.82) is 10.7 Å². The Morgan fingerprint density at radius 2 is 1.51 bits per heavy atom. The van der Waals surface area contributed by atoms with Gasteiger partial charge in [0.2, 0.25) is 5.91 Å². The summed E-state index contributed by atoms with van der Waals surface area (Å²) in [5.74, 6) is -0.131. The second-order valence-electron chi connectivity index (χ2n) is 9.69. The van der Waals surface area contributed by atoms with E-state index in [1.165, 1.54) is 23.7 Å². The number of nitriles is 1. The number of hydrogen-bond donors (Lipinski definition) is 2. The number of anilines is 2. The highest BCUT2D eigenvalue weighted by Gasteiger charge is 2.42. The Hall–Kier alpha value is -3.82. The number of benzene rings is 3. The van der Waals surface area contributed by atoms with E-state index < -0.39 is 0 Å². The molecule has 1 amide bonds. The van der Waals surface area contributed by atoms with Crippen molar-refractivity contribution in [2.24, 2.45) is 5.41 Å². The van der Waals surface area contributed by atoms with Gasteiger partial charge in [0.05, 0.1) is 23.1 Å². The average Bonchev–Trinajstić information content (AvgIpc) is 2.94. The molecule has 0 atom stereocenters. The molecule has 0 unspecified atom stereocenters. The van der Waals surface area contributed by atoms with E-state index in [0.29, 0.717) is 5.70 Å². The molecule has 0 bridgehead atoms. The van der Waals surface area contributed by atoms with E-state index in [4.69, 9.17) is 5.41 Å². The van der Waals surface area contributed by atoms with E-state index in [9.17, 15) is 10.1 Å². The van der Waals surface area contributed by atoms with Gasteiger partial charge in [-0.1, -0.05) is 91.7 Å². The number of nitrogens with zero attached hydrogens (tertiary/aromatic N) is 2. The molecular weight excluding hydrogens is 476 g/mol. The number of carbonyl (C=O) groups is 1. The molecule has 1 spiro atoms. The van der Waals surface area contributed by atoms with E-state index in [1.54, 1.807) is 0 Å². The van der Waals surface area contributed by atoms with Gasteiger partial charge in [-0.15, -0.1) is 0 Å². The van der Waals surface area contributed by atoms with Crippen LogP contribution in [0.5, 0.6) is 0 Å². The van der Waals surface area contributed by atoms with Crippen LogP contribution < -0.4 is 10.2 Å². The Labute approximate surface area is 222 Å². The predicted molar refractivity (Wildman–Crippen MR) is 152 cm³/mol. The number of fused-ring (bicyclic) bond motifs is 1. The summed E-state index contributed by atoms with van der Waals surface area (Å²) in [5, 5.41) is 22.4. The molecule has 6 heteroatoms. The van der Waals surface area contributed by atoms with Gasteiger partial charge in [0.1, 0.15) is 0 Å². The Kier molecular flexibility index (Phi) is 7.43. The second kappa shape index (κ2) is 11.1. The number of para-hydroxylation sites is 2. The van der Waals surface area contributed by atoms with E-state index in [0.717, 1.165) is 54.6 Å². The summed E-state index contributed by atoms with van der Waals surface area (Å²) in [7, 11) is 0. The average molecular weight is 507 g/mol. The van der Waals surface area contributed by atoms with Crippen LogP contribution in [-0.4, -0.2) is 16.8 Å². The number of hydrogen-bond acceptors (Lipinski definition) is 4. The molecule has 0 heterocycles. The first kappa shape index (κ1) is 24.9. The molecule has 5 rings (SSSR count). The smallest absolute Gasteiger partial charge is 0.234 e. The maximum absolute atomic E-state index is 13.3. The quantitative estimate of drug-likeness (QED) is 0.287. The highest BCUT2D eigenvalue weighted by atomic mass is 32.2. The predicted octanol–water partition coefficient (Wildman–Crippen LogP) is 7.05. The number of amidine groups is 1. The molecule has 1 fully saturated rings. The van der Waals surface area contributed by atoms with Crippen molar-refractivity contribution in [3.05, 3.63) is 102 Å². The minimum Gasteiger partial charge on any atom is -0.324 e. The number of carbonyl (C=O) groups excluding carboxylic acids is 1. The van der Waals surface area contributed by atoms with Gasteiger partial charge in [0.25, 0.3) is 0 Å². The van der Waals surface area contributed by atoms with Gasteiger partial charge in [-0.3, -0.25) is 15.1 Å². The van der Waals surface area contributed by atoms with Gasteiger partial charge in [-0.05, 0) is 49.1 Å². The third kappa shape index (κ3) is 5.19. The summed E-state index contributed by atoms with van der Waals surface area (Å²) in [6.07, 6.45) is 6.22. The van der Waals surface area contributed by atoms with E-state index in [2.05, 4.69) is 17.5 Å². The lowest BCUT2D eigenvalue weighted by atomic mass is 9.62. The molecule has 186 valence electrons. The molecule has 2 aliphatic rings. The van der Waals surface area contributed by atoms with Crippen LogP contribution >= 0.6 is 11.8 Å². The van der Waals surface area contributed by atoms with Crippen LogP contribution in [0, 0.1) is 22.2 Å². The Morgan fingerprint density at radius 3 is 2.14 bits per heavy atom. The lowest BCUT2D eigenvalue weighted by Crippen LogP contribution is -2.37. The van der Waals surface area contributed by atoms with Crippen LogP contribution in [0.2, 0.25) is 0 Å². The monoisotopic (exact) mass is 506 g/mol. The fraction of sp³-hybridized carbons (Fsp3) is 0.258. The SMILES string of the molecule is N#CC1=C(NC(=O)CSC(=N)N(c2ccccc2)c2ccccc2)c2ccccc2CC12CCCCC2. The normalized spacial score (nSPS) is 16.0. The van der Waals surface area contributed by atoms with E-state index in [1.807, 2.05) is 83.8 Å². The van der Waals surface area contributed by atoms with E-state index >= 15 is 0 Å². The van der Waals surface area contributed by atoms with Crippen LogP contribution in [0.4, 0.5) is 11.4 Å². The summed E-state index contributed by atoms with van der Waals surface area (Å²) < 4.78 is 0. The third-order valence-electron chi connectivity index (χ3n) is 7.35. The highest BCUT2D eigenvalue weighted by Crippen LogP contribution is 2.50. The first-order chi connectivity index (χ1) is 18.1.